The molecule has 2 aromatic rings. The van der Waals surface area contributed by atoms with Gasteiger partial charge in [0.15, 0.2) is 11.5 Å². The van der Waals surface area contributed by atoms with E-state index in [0.29, 0.717) is 40.9 Å². The molecule has 6 nitrogen and oxygen atoms in total. The number of benzene rings is 2. The maximum Gasteiger partial charge on any atom is 0.325 e. The number of hydrogen-bond acceptors (Lipinski definition) is 5. The fourth-order valence-electron chi connectivity index (χ4n) is 3.38. The van der Waals surface area contributed by atoms with Gasteiger partial charge >= 0.3 is 6.03 Å². The molecule has 1 N–H and O–H groups in total. The molecule has 2 heterocycles. The number of rotatable bonds is 5. The highest BCUT2D eigenvalue weighted by Crippen LogP contribution is 2.36. The first kappa shape index (κ1) is 19.6. The molecule has 1 saturated heterocycles. The summed E-state index contributed by atoms with van der Waals surface area (Å²) < 4.78 is 25.1. The van der Waals surface area contributed by atoms with Crippen LogP contribution in [0.4, 0.5) is 9.18 Å². The van der Waals surface area contributed by atoms with Gasteiger partial charge in [-0.3, -0.25) is 9.69 Å². The van der Waals surface area contributed by atoms with Gasteiger partial charge in [0, 0.05) is 23.6 Å². The highest BCUT2D eigenvalue weighted by molar-refractivity contribution is 7.99. The number of imide groups is 1. The Balaban J connectivity index is 1.48. The van der Waals surface area contributed by atoms with E-state index in [0.717, 1.165) is 6.42 Å². The quantitative estimate of drug-likeness (QED) is 0.597. The molecule has 3 amide bonds. The van der Waals surface area contributed by atoms with Gasteiger partial charge in [-0.05, 0) is 36.8 Å². The number of ether oxygens (including phenoxy) is 2. The number of carbonyl (C=O) groups excluding carboxylic acids is 2. The van der Waals surface area contributed by atoms with Gasteiger partial charge in [-0.2, -0.15) is 0 Å². The zero-order valence-electron chi connectivity index (χ0n) is 15.9. The number of halogens is 1. The number of nitrogens with zero attached hydrogens (tertiary/aromatic N) is 1. The first-order valence-electron chi connectivity index (χ1n) is 9.40. The summed E-state index contributed by atoms with van der Waals surface area (Å²) in [5.41, 5.74) is -0.561. The van der Waals surface area contributed by atoms with E-state index < -0.39 is 11.6 Å². The Morgan fingerprint density at radius 2 is 1.90 bits per heavy atom. The number of thioether (sulfide) groups is 1. The number of fused-ring (bicyclic) bond motifs is 1. The summed E-state index contributed by atoms with van der Waals surface area (Å²) >= 11 is 1.27. The van der Waals surface area contributed by atoms with Crippen molar-refractivity contribution >= 4 is 23.7 Å². The van der Waals surface area contributed by atoms with Crippen molar-refractivity contribution in [3.63, 3.8) is 0 Å². The number of hydrogen-bond donors (Lipinski definition) is 1. The molecule has 0 spiro atoms. The molecule has 1 fully saturated rings. The second kappa shape index (κ2) is 7.94. The zero-order valence-corrected chi connectivity index (χ0v) is 16.8. The fourth-order valence-corrected chi connectivity index (χ4v) is 4.25. The molecule has 0 unspecified atom stereocenters. The number of nitrogens with one attached hydrogen (secondary N) is 1. The van der Waals surface area contributed by atoms with Crippen LogP contribution in [0.15, 0.2) is 47.4 Å². The van der Waals surface area contributed by atoms with E-state index in [1.807, 2.05) is 0 Å². The lowest BCUT2D eigenvalue weighted by atomic mass is 9.91. The van der Waals surface area contributed by atoms with Crippen molar-refractivity contribution in [2.24, 2.45) is 0 Å². The summed E-state index contributed by atoms with van der Waals surface area (Å²) in [5.74, 6) is 0.941. The molecule has 0 aliphatic carbocycles. The third kappa shape index (κ3) is 3.76. The molecule has 2 aliphatic rings. The number of urea groups is 1. The summed E-state index contributed by atoms with van der Waals surface area (Å²) in [5, 5.41) is 2.79. The zero-order chi connectivity index (χ0) is 20.4. The smallest absolute Gasteiger partial charge is 0.325 e. The maximum atomic E-state index is 13.8. The Kier molecular flexibility index (Phi) is 5.36. The average Bonchev–Trinajstić information content (AvgIpc) is 2.87. The Bertz CT molecular complexity index is 954. The van der Waals surface area contributed by atoms with Crippen molar-refractivity contribution in [3.05, 3.63) is 53.8 Å². The molecular formula is C21H21FN2O4S. The average molecular weight is 416 g/mol. The van der Waals surface area contributed by atoms with Crippen LogP contribution in [-0.2, 0) is 10.3 Å². The minimum Gasteiger partial charge on any atom is -0.490 e. The number of amides is 3. The van der Waals surface area contributed by atoms with E-state index in [-0.39, 0.29) is 18.3 Å². The Labute approximate surface area is 172 Å². The molecule has 152 valence electrons. The lowest BCUT2D eigenvalue weighted by Gasteiger charge is -2.23. The highest BCUT2D eigenvalue weighted by atomic mass is 32.2. The molecule has 0 bridgehead atoms. The summed E-state index contributed by atoms with van der Waals surface area (Å²) in [7, 11) is 0. The summed E-state index contributed by atoms with van der Waals surface area (Å²) in [6, 6.07) is 11.2. The van der Waals surface area contributed by atoms with E-state index in [4.69, 9.17) is 9.47 Å². The summed E-state index contributed by atoms with van der Waals surface area (Å²) in [4.78, 5) is 27.2. The third-order valence-electron chi connectivity index (χ3n) is 5.01. The van der Waals surface area contributed by atoms with Crippen LogP contribution in [0, 0.1) is 5.82 Å². The van der Waals surface area contributed by atoms with Gasteiger partial charge in [0.25, 0.3) is 5.91 Å². The molecule has 0 aromatic heterocycles. The summed E-state index contributed by atoms with van der Waals surface area (Å²) in [6.07, 6.45) is 0.782. The van der Waals surface area contributed by atoms with Crippen molar-refractivity contribution < 1.29 is 23.5 Å². The Morgan fingerprint density at radius 3 is 2.69 bits per heavy atom. The molecule has 0 radical (unpaired) electrons. The van der Waals surface area contributed by atoms with Gasteiger partial charge in [-0.15, -0.1) is 11.8 Å². The first-order chi connectivity index (χ1) is 14.0. The maximum absolute atomic E-state index is 13.8. The molecule has 2 aliphatic heterocycles. The lowest BCUT2D eigenvalue weighted by molar-refractivity contribution is -0.130. The van der Waals surface area contributed by atoms with Crippen LogP contribution >= 0.6 is 11.8 Å². The monoisotopic (exact) mass is 416 g/mol. The SMILES string of the molecule is C[C@@]1(c2ccc3c(c2)OCCCO3)NC(=O)N(CCSc2ccccc2F)C1=O. The van der Waals surface area contributed by atoms with Gasteiger partial charge in [-0.25, -0.2) is 9.18 Å². The van der Waals surface area contributed by atoms with Crippen molar-refractivity contribution in [1.29, 1.82) is 0 Å². The minimum atomic E-state index is -1.19. The van der Waals surface area contributed by atoms with E-state index in [2.05, 4.69) is 5.32 Å². The molecule has 0 saturated carbocycles. The van der Waals surface area contributed by atoms with Crippen molar-refractivity contribution in [1.82, 2.24) is 10.2 Å². The largest absolute Gasteiger partial charge is 0.490 e. The third-order valence-corrected chi connectivity index (χ3v) is 6.04. The molecule has 8 heteroatoms. The van der Waals surface area contributed by atoms with E-state index in [1.54, 1.807) is 43.3 Å². The lowest BCUT2D eigenvalue weighted by Crippen LogP contribution is -2.41. The van der Waals surface area contributed by atoms with Gasteiger partial charge in [-0.1, -0.05) is 18.2 Å². The van der Waals surface area contributed by atoms with Gasteiger partial charge in [0.2, 0.25) is 0 Å². The summed E-state index contributed by atoms with van der Waals surface area (Å²) in [6.45, 7) is 2.97. The van der Waals surface area contributed by atoms with Gasteiger partial charge in [0.05, 0.1) is 13.2 Å². The Hall–Kier alpha value is -2.74. The van der Waals surface area contributed by atoms with E-state index >= 15 is 0 Å². The van der Waals surface area contributed by atoms with Crippen LogP contribution in [0.2, 0.25) is 0 Å². The predicted octanol–water partition coefficient (Wildman–Crippen LogP) is 3.55. The van der Waals surface area contributed by atoms with Crippen molar-refractivity contribution in [3.8, 4) is 11.5 Å². The van der Waals surface area contributed by atoms with E-state index in [1.165, 1.54) is 22.7 Å². The second-order valence-electron chi connectivity index (χ2n) is 7.00. The second-order valence-corrected chi connectivity index (χ2v) is 8.14. The van der Waals surface area contributed by atoms with Crippen LogP contribution in [0.25, 0.3) is 0 Å². The van der Waals surface area contributed by atoms with Crippen LogP contribution in [-0.4, -0.2) is 42.3 Å². The van der Waals surface area contributed by atoms with E-state index in [9.17, 15) is 14.0 Å². The standard InChI is InChI=1S/C21H21FN2O4S/c1-21(14-7-8-16-17(13-14)28-11-4-10-27-16)19(25)24(20(26)23-21)9-12-29-18-6-3-2-5-15(18)22/h2-3,5-8,13H,4,9-12H2,1H3,(H,23,26)/t21-/m0/s1. The topological polar surface area (TPSA) is 67.9 Å². The molecule has 29 heavy (non-hydrogen) atoms. The molecule has 4 rings (SSSR count). The predicted molar refractivity (Wildman–Crippen MR) is 107 cm³/mol. The van der Waals surface area contributed by atoms with Crippen LogP contribution in [0.1, 0.15) is 18.9 Å². The molecular weight excluding hydrogens is 395 g/mol. The molecule has 2 aromatic carbocycles. The molecule has 1 atom stereocenters. The van der Waals surface area contributed by atoms with Crippen LogP contribution in [0.3, 0.4) is 0 Å². The fraction of sp³-hybridized carbons (Fsp3) is 0.333. The Morgan fingerprint density at radius 1 is 1.14 bits per heavy atom. The van der Waals surface area contributed by atoms with Crippen molar-refractivity contribution in [2.75, 3.05) is 25.5 Å². The normalized spacial score (nSPS) is 21.1. The van der Waals surface area contributed by atoms with Crippen LogP contribution in [0.5, 0.6) is 11.5 Å². The van der Waals surface area contributed by atoms with Gasteiger partial charge < -0.3 is 14.8 Å². The van der Waals surface area contributed by atoms with Crippen molar-refractivity contribution in [2.45, 2.75) is 23.8 Å². The minimum absolute atomic E-state index is 0.184. The first-order valence-corrected chi connectivity index (χ1v) is 10.4. The number of carbonyl (C=O) groups is 2. The van der Waals surface area contributed by atoms with Crippen LogP contribution < -0.4 is 14.8 Å². The van der Waals surface area contributed by atoms with Gasteiger partial charge in [0.1, 0.15) is 11.4 Å². The highest BCUT2D eigenvalue weighted by Gasteiger charge is 2.49.